The van der Waals surface area contributed by atoms with Crippen LogP contribution in [-0.4, -0.2) is 57.7 Å². The zero-order chi connectivity index (χ0) is 16.8. The summed E-state index contributed by atoms with van der Waals surface area (Å²) < 4.78 is 1.99. The Morgan fingerprint density at radius 2 is 1.87 bits per heavy atom. The number of rotatable bonds is 1. The summed E-state index contributed by atoms with van der Waals surface area (Å²) in [5, 5.41) is 4.64. The summed E-state index contributed by atoms with van der Waals surface area (Å²) in [7, 11) is 0. The van der Waals surface area contributed by atoms with Gasteiger partial charge in [-0.25, -0.2) is 0 Å². The minimum Gasteiger partial charge on any atom is -0.336 e. The minimum absolute atomic E-state index is 0.102. The number of aromatic nitrogens is 2. The second-order valence-corrected chi connectivity index (χ2v) is 8.07. The number of carbonyl (C=O) groups excluding carboxylic acids is 1. The van der Waals surface area contributed by atoms with E-state index in [1.165, 1.54) is 25.8 Å². The molecule has 5 heteroatoms. The van der Waals surface area contributed by atoms with Crippen LogP contribution in [0.2, 0.25) is 0 Å². The Bertz CT molecular complexity index is 599. The lowest BCUT2D eigenvalue weighted by Crippen LogP contribution is -2.56. The fraction of sp³-hybridized carbons (Fsp3) is 0.778. The van der Waals surface area contributed by atoms with Gasteiger partial charge in [0.1, 0.15) is 0 Å². The van der Waals surface area contributed by atoms with Crippen LogP contribution in [-0.2, 0) is 5.54 Å². The molecule has 128 valence electrons. The molecule has 2 fully saturated rings. The van der Waals surface area contributed by atoms with Crippen LogP contribution in [0.25, 0.3) is 0 Å². The highest BCUT2D eigenvalue weighted by molar-refractivity contribution is 5.96. The van der Waals surface area contributed by atoms with E-state index in [9.17, 15) is 4.79 Å². The van der Waals surface area contributed by atoms with E-state index in [1.54, 1.807) is 0 Å². The van der Waals surface area contributed by atoms with E-state index in [0.717, 1.165) is 36.6 Å². The average molecular weight is 318 g/mol. The average Bonchev–Trinajstić information content (AvgIpc) is 2.81. The predicted molar refractivity (Wildman–Crippen MR) is 91.8 cm³/mol. The zero-order valence-electron chi connectivity index (χ0n) is 15.2. The smallest absolute Gasteiger partial charge is 0.257 e. The molecule has 0 bridgehead atoms. The number of piperazine rings is 1. The lowest BCUT2D eigenvalue weighted by molar-refractivity contribution is 0.0371. The highest BCUT2D eigenvalue weighted by atomic mass is 16.2. The lowest BCUT2D eigenvalue weighted by Gasteiger charge is -2.44. The monoisotopic (exact) mass is 318 g/mol. The highest BCUT2D eigenvalue weighted by Gasteiger charge is 2.34. The lowest BCUT2D eigenvalue weighted by atomic mass is 9.99. The fourth-order valence-corrected chi connectivity index (χ4v) is 4.10. The SMILES string of the molecule is Cc1nn(C(C)(C)C)c(C)c1C(=O)N1CCN2CCCC[C@H]2C1. The van der Waals surface area contributed by atoms with E-state index in [2.05, 4.69) is 35.7 Å². The van der Waals surface area contributed by atoms with E-state index < -0.39 is 0 Å². The van der Waals surface area contributed by atoms with Gasteiger partial charge in [-0.2, -0.15) is 5.10 Å². The summed E-state index contributed by atoms with van der Waals surface area (Å²) in [5.41, 5.74) is 2.55. The quantitative estimate of drug-likeness (QED) is 0.799. The summed E-state index contributed by atoms with van der Waals surface area (Å²) in [6.07, 6.45) is 3.83. The molecule has 2 saturated heterocycles. The van der Waals surface area contributed by atoms with Gasteiger partial charge in [-0.15, -0.1) is 0 Å². The molecule has 0 aromatic carbocycles. The van der Waals surface area contributed by atoms with Gasteiger partial charge in [-0.3, -0.25) is 14.4 Å². The molecule has 3 heterocycles. The van der Waals surface area contributed by atoms with Crippen LogP contribution in [0.4, 0.5) is 0 Å². The van der Waals surface area contributed by atoms with Crippen molar-refractivity contribution in [3.63, 3.8) is 0 Å². The molecule has 1 amide bonds. The standard InChI is InChI=1S/C18H30N4O/c1-13-16(14(2)22(19-13)18(3,4)5)17(23)21-11-10-20-9-7-6-8-15(20)12-21/h15H,6-12H2,1-5H3/t15-/m0/s1. The first-order valence-electron chi connectivity index (χ1n) is 8.89. The van der Waals surface area contributed by atoms with Crippen molar-refractivity contribution in [1.29, 1.82) is 0 Å². The molecule has 1 aromatic rings. The molecule has 0 N–H and O–H groups in total. The maximum atomic E-state index is 13.1. The van der Waals surface area contributed by atoms with E-state index in [1.807, 2.05) is 18.5 Å². The van der Waals surface area contributed by atoms with Crippen LogP contribution in [0.3, 0.4) is 0 Å². The number of fused-ring (bicyclic) bond motifs is 1. The number of hydrogen-bond acceptors (Lipinski definition) is 3. The van der Waals surface area contributed by atoms with Gasteiger partial charge in [0, 0.05) is 31.4 Å². The predicted octanol–water partition coefficient (Wildman–Crippen LogP) is 2.57. The van der Waals surface area contributed by atoms with E-state index in [4.69, 9.17) is 0 Å². The minimum atomic E-state index is -0.102. The van der Waals surface area contributed by atoms with Crippen molar-refractivity contribution >= 4 is 5.91 Å². The van der Waals surface area contributed by atoms with Crippen molar-refractivity contribution in [3.05, 3.63) is 17.0 Å². The first-order chi connectivity index (χ1) is 10.8. The molecule has 0 radical (unpaired) electrons. The van der Waals surface area contributed by atoms with Crippen LogP contribution in [0, 0.1) is 13.8 Å². The third-order valence-electron chi connectivity index (χ3n) is 5.27. The van der Waals surface area contributed by atoms with Gasteiger partial charge in [0.25, 0.3) is 5.91 Å². The van der Waals surface area contributed by atoms with E-state index in [-0.39, 0.29) is 11.4 Å². The van der Waals surface area contributed by atoms with Crippen LogP contribution in [0.15, 0.2) is 0 Å². The van der Waals surface area contributed by atoms with Gasteiger partial charge in [-0.05, 0) is 54.0 Å². The van der Waals surface area contributed by atoms with Crippen molar-refractivity contribution in [2.24, 2.45) is 0 Å². The molecule has 2 aliphatic heterocycles. The Hall–Kier alpha value is -1.36. The van der Waals surface area contributed by atoms with Crippen LogP contribution in [0.1, 0.15) is 61.8 Å². The van der Waals surface area contributed by atoms with Gasteiger partial charge in [-0.1, -0.05) is 6.42 Å². The van der Waals surface area contributed by atoms with Gasteiger partial charge < -0.3 is 4.90 Å². The molecule has 23 heavy (non-hydrogen) atoms. The summed E-state index contributed by atoms with van der Waals surface area (Å²) in [5.74, 6) is 0.167. The first-order valence-corrected chi connectivity index (χ1v) is 8.89. The largest absolute Gasteiger partial charge is 0.336 e. The van der Waals surface area contributed by atoms with Crippen molar-refractivity contribution in [2.75, 3.05) is 26.2 Å². The third-order valence-corrected chi connectivity index (χ3v) is 5.27. The number of nitrogens with zero attached hydrogens (tertiary/aromatic N) is 4. The molecular weight excluding hydrogens is 288 g/mol. The normalized spacial score (nSPS) is 23.0. The third kappa shape index (κ3) is 3.03. The molecule has 5 nitrogen and oxygen atoms in total. The number of carbonyl (C=O) groups is 1. The van der Waals surface area contributed by atoms with Crippen LogP contribution in [0.5, 0.6) is 0 Å². The maximum Gasteiger partial charge on any atom is 0.257 e. The number of piperidine rings is 1. The number of amides is 1. The molecule has 0 aliphatic carbocycles. The molecule has 0 saturated carbocycles. The summed E-state index contributed by atoms with van der Waals surface area (Å²) >= 11 is 0. The maximum absolute atomic E-state index is 13.1. The topological polar surface area (TPSA) is 41.4 Å². The number of hydrogen-bond donors (Lipinski definition) is 0. The van der Waals surface area contributed by atoms with Crippen LogP contribution >= 0.6 is 0 Å². The van der Waals surface area contributed by atoms with Crippen molar-refractivity contribution in [1.82, 2.24) is 19.6 Å². The van der Waals surface area contributed by atoms with Gasteiger partial charge in [0.05, 0.1) is 16.8 Å². The van der Waals surface area contributed by atoms with Crippen molar-refractivity contribution in [3.8, 4) is 0 Å². The molecule has 1 aromatic heterocycles. The highest BCUT2D eigenvalue weighted by Crippen LogP contribution is 2.25. The Morgan fingerprint density at radius 1 is 1.13 bits per heavy atom. The molecule has 3 rings (SSSR count). The zero-order valence-corrected chi connectivity index (χ0v) is 15.2. The molecular formula is C18H30N4O. The van der Waals surface area contributed by atoms with Crippen LogP contribution < -0.4 is 0 Å². The molecule has 1 atom stereocenters. The van der Waals surface area contributed by atoms with Crippen molar-refractivity contribution in [2.45, 2.75) is 65.5 Å². The van der Waals surface area contributed by atoms with Gasteiger partial charge in [0.2, 0.25) is 0 Å². The van der Waals surface area contributed by atoms with Crippen molar-refractivity contribution < 1.29 is 4.79 Å². The van der Waals surface area contributed by atoms with E-state index >= 15 is 0 Å². The fourth-order valence-electron chi connectivity index (χ4n) is 4.10. The summed E-state index contributed by atoms with van der Waals surface area (Å²) in [4.78, 5) is 17.7. The second kappa shape index (κ2) is 5.93. The van der Waals surface area contributed by atoms with Gasteiger partial charge >= 0.3 is 0 Å². The molecule has 0 unspecified atom stereocenters. The Labute approximate surface area is 139 Å². The first kappa shape index (κ1) is 16.5. The molecule has 2 aliphatic rings. The second-order valence-electron chi connectivity index (χ2n) is 8.07. The Balaban J connectivity index is 1.82. The number of aryl methyl sites for hydroxylation is 1. The van der Waals surface area contributed by atoms with Gasteiger partial charge in [0.15, 0.2) is 0 Å². The Kier molecular flexibility index (Phi) is 4.25. The summed E-state index contributed by atoms with van der Waals surface area (Å²) in [6.45, 7) is 14.3. The molecule has 0 spiro atoms. The Morgan fingerprint density at radius 3 is 2.52 bits per heavy atom. The summed E-state index contributed by atoms with van der Waals surface area (Å²) in [6, 6.07) is 0.555. The van der Waals surface area contributed by atoms with E-state index in [0.29, 0.717) is 6.04 Å².